The summed E-state index contributed by atoms with van der Waals surface area (Å²) in [7, 11) is 3.46. The molecule has 1 aliphatic heterocycles. The lowest BCUT2D eigenvalue weighted by molar-refractivity contribution is -0.119. The zero-order chi connectivity index (χ0) is 13.1. The highest BCUT2D eigenvalue weighted by atomic mass is 16.5. The van der Waals surface area contributed by atoms with E-state index in [0.717, 1.165) is 36.4 Å². The minimum absolute atomic E-state index is 0.134. The molecule has 1 aliphatic rings. The average Bonchev–Trinajstić information content (AvgIpc) is 2.66. The number of rotatable bonds is 5. The summed E-state index contributed by atoms with van der Waals surface area (Å²) in [6, 6.07) is 5.58. The Morgan fingerprint density at radius 1 is 1.44 bits per heavy atom. The monoisotopic (exact) mass is 248 g/mol. The minimum Gasteiger partial charge on any atom is -0.497 e. The largest absolute Gasteiger partial charge is 0.497 e. The van der Waals surface area contributed by atoms with Crippen molar-refractivity contribution in [2.45, 2.75) is 25.8 Å². The van der Waals surface area contributed by atoms with Gasteiger partial charge in [-0.3, -0.25) is 4.79 Å². The molecular formula is C14H20N2O2. The summed E-state index contributed by atoms with van der Waals surface area (Å²) in [5, 5.41) is 3.08. The Labute approximate surface area is 108 Å². The predicted octanol–water partition coefficient (Wildman–Crippen LogP) is 2.10. The molecular weight excluding hydrogens is 228 g/mol. The molecule has 1 atom stereocenters. The number of benzene rings is 1. The summed E-state index contributed by atoms with van der Waals surface area (Å²) < 4.78 is 5.23. The van der Waals surface area contributed by atoms with Gasteiger partial charge in [-0.05, 0) is 31.7 Å². The maximum atomic E-state index is 12.3. The van der Waals surface area contributed by atoms with E-state index in [0.29, 0.717) is 0 Å². The van der Waals surface area contributed by atoms with Crippen molar-refractivity contribution in [3.05, 3.63) is 23.8 Å². The minimum atomic E-state index is -0.244. The molecule has 1 heterocycles. The van der Waals surface area contributed by atoms with Gasteiger partial charge in [-0.1, -0.05) is 13.3 Å². The van der Waals surface area contributed by atoms with Crippen LogP contribution in [0.25, 0.3) is 0 Å². The molecule has 2 rings (SSSR count). The summed E-state index contributed by atoms with van der Waals surface area (Å²) in [6.07, 6.45) is 2.10. The summed E-state index contributed by atoms with van der Waals surface area (Å²) in [6.45, 7) is 2.91. The molecule has 0 aromatic heterocycles. The molecule has 1 N–H and O–H groups in total. The third-order valence-corrected chi connectivity index (χ3v) is 3.37. The number of amides is 1. The molecule has 1 aromatic carbocycles. The summed E-state index contributed by atoms with van der Waals surface area (Å²) in [5.41, 5.74) is 2.02. The number of carbonyl (C=O) groups excluding carboxylic acids is 1. The number of nitrogens with zero attached hydrogens (tertiary/aromatic N) is 1. The summed E-state index contributed by atoms with van der Waals surface area (Å²) >= 11 is 0. The highest BCUT2D eigenvalue weighted by molar-refractivity contribution is 6.04. The van der Waals surface area contributed by atoms with Crippen LogP contribution < -0.4 is 15.0 Å². The Kier molecular flexibility index (Phi) is 3.87. The second kappa shape index (κ2) is 5.40. The van der Waals surface area contributed by atoms with Gasteiger partial charge in [0.15, 0.2) is 0 Å². The molecule has 0 radical (unpaired) electrons. The Hall–Kier alpha value is -1.55. The maximum Gasteiger partial charge on any atom is 0.248 e. The van der Waals surface area contributed by atoms with Crippen molar-refractivity contribution in [3.8, 4) is 5.75 Å². The third kappa shape index (κ3) is 2.08. The van der Waals surface area contributed by atoms with Crippen LogP contribution in [0.3, 0.4) is 0 Å². The molecule has 18 heavy (non-hydrogen) atoms. The molecule has 0 saturated carbocycles. The smallest absolute Gasteiger partial charge is 0.248 e. The Bertz CT molecular complexity index is 445. The number of unbranched alkanes of at least 4 members (excludes halogenated alkanes) is 1. The van der Waals surface area contributed by atoms with E-state index in [1.165, 1.54) is 0 Å². The van der Waals surface area contributed by atoms with Crippen LogP contribution in [0, 0.1) is 0 Å². The van der Waals surface area contributed by atoms with Gasteiger partial charge in [-0.2, -0.15) is 0 Å². The van der Waals surface area contributed by atoms with Crippen molar-refractivity contribution < 1.29 is 9.53 Å². The lowest BCUT2D eigenvalue weighted by atomic mass is 10.1. The van der Waals surface area contributed by atoms with Crippen LogP contribution in [0.2, 0.25) is 0 Å². The van der Waals surface area contributed by atoms with Gasteiger partial charge < -0.3 is 15.0 Å². The molecule has 0 aliphatic carbocycles. The van der Waals surface area contributed by atoms with Gasteiger partial charge >= 0.3 is 0 Å². The Morgan fingerprint density at radius 3 is 2.83 bits per heavy atom. The molecule has 0 saturated heterocycles. The van der Waals surface area contributed by atoms with Gasteiger partial charge in [-0.15, -0.1) is 0 Å². The molecule has 0 fully saturated rings. The van der Waals surface area contributed by atoms with Crippen molar-refractivity contribution in [1.82, 2.24) is 5.32 Å². The number of hydrogen-bond acceptors (Lipinski definition) is 3. The topological polar surface area (TPSA) is 41.6 Å². The fourth-order valence-electron chi connectivity index (χ4n) is 2.37. The van der Waals surface area contributed by atoms with Crippen LogP contribution in [0.1, 0.15) is 31.4 Å². The molecule has 4 heteroatoms. The van der Waals surface area contributed by atoms with E-state index in [9.17, 15) is 4.79 Å². The third-order valence-electron chi connectivity index (χ3n) is 3.37. The van der Waals surface area contributed by atoms with Crippen LogP contribution >= 0.6 is 0 Å². The van der Waals surface area contributed by atoms with Gasteiger partial charge in [-0.25, -0.2) is 0 Å². The van der Waals surface area contributed by atoms with Crippen molar-refractivity contribution in [2.24, 2.45) is 0 Å². The van der Waals surface area contributed by atoms with Crippen molar-refractivity contribution >= 4 is 11.6 Å². The van der Waals surface area contributed by atoms with E-state index in [1.807, 2.05) is 30.1 Å². The fraction of sp³-hybridized carbons (Fsp3) is 0.500. The second-order valence-corrected chi connectivity index (χ2v) is 4.49. The highest BCUT2D eigenvalue weighted by Gasteiger charge is 2.36. The van der Waals surface area contributed by atoms with Crippen LogP contribution in [0.5, 0.6) is 5.75 Å². The number of likely N-dealkylation sites (N-methyl/N-ethyl adjacent to an activating group) is 1. The number of carbonyl (C=O) groups is 1. The van der Waals surface area contributed by atoms with Crippen molar-refractivity contribution in [3.63, 3.8) is 0 Å². The van der Waals surface area contributed by atoms with E-state index in [2.05, 4.69) is 12.2 Å². The maximum absolute atomic E-state index is 12.3. The number of fused-ring (bicyclic) bond motifs is 1. The van der Waals surface area contributed by atoms with Crippen LogP contribution in [-0.4, -0.2) is 26.6 Å². The van der Waals surface area contributed by atoms with Crippen LogP contribution in [0.4, 0.5) is 5.69 Å². The molecule has 4 nitrogen and oxygen atoms in total. The Balaban J connectivity index is 2.36. The normalized spacial score (nSPS) is 18.1. The van der Waals surface area contributed by atoms with Gasteiger partial charge in [0.25, 0.3) is 0 Å². The first-order valence-electron chi connectivity index (χ1n) is 6.39. The van der Waals surface area contributed by atoms with Gasteiger partial charge in [0, 0.05) is 17.8 Å². The average molecular weight is 248 g/mol. The number of anilines is 1. The number of ether oxygens (including phenoxy) is 1. The second-order valence-electron chi connectivity index (χ2n) is 4.49. The van der Waals surface area contributed by atoms with Crippen LogP contribution in [0.15, 0.2) is 18.2 Å². The number of methoxy groups -OCH3 is 1. The standard InChI is InChI=1S/C14H20N2O2/c1-4-5-8-16-12-7-6-10(18-3)9-11(12)13(15-2)14(16)17/h6-7,9,13,15H,4-5,8H2,1-3H3. The van der Waals surface area contributed by atoms with Crippen molar-refractivity contribution in [2.75, 3.05) is 25.6 Å². The zero-order valence-electron chi connectivity index (χ0n) is 11.2. The summed E-state index contributed by atoms with van der Waals surface area (Å²) in [4.78, 5) is 14.2. The van der Waals surface area contributed by atoms with E-state index in [4.69, 9.17) is 4.74 Å². The van der Waals surface area contributed by atoms with E-state index < -0.39 is 0 Å². The van der Waals surface area contributed by atoms with Gasteiger partial charge in [0.2, 0.25) is 5.91 Å². The van der Waals surface area contributed by atoms with Crippen LogP contribution in [-0.2, 0) is 4.79 Å². The van der Waals surface area contributed by atoms with E-state index in [1.54, 1.807) is 7.11 Å². The van der Waals surface area contributed by atoms with Gasteiger partial charge in [0.1, 0.15) is 11.8 Å². The molecule has 1 amide bonds. The first-order valence-corrected chi connectivity index (χ1v) is 6.39. The molecule has 98 valence electrons. The van der Waals surface area contributed by atoms with Crippen molar-refractivity contribution in [1.29, 1.82) is 0 Å². The predicted molar refractivity (Wildman–Crippen MR) is 72.1 cm³/mol. The quantitative estimate of drug-likeness (QED) is 0.867. The van der Waals surface area contributed by atoms with E-state index in [-0.39, 0.29) is 11.9 Å². The number of hydrogen-bond donors (Lipinski definition) is 1. The molecule has 1 aromatic rings. The fourth-order valence-corrected chi connectivity index (χ4v) is 2.37. The first kappa shape index (κ1) is 12.9. The molecule has 1 unspecified atom stereocenters. The Morgan fingerprint density at radius 2 is 2.22 bits per heavy atom. The zero-order valence-corrected chi connectivity index (χ0v) is 11.2. The highest BCUT2D eigenvalue weighted by Crippen LogP contribution is 2.38. The van der Waals surface area contributed by atoms with E-state index >= 15 is 0 Å². The summed E-state index contributed by atoms with van der Waals surface area (Å²) in [5.74, 6) is 0.924. The number of nitrogens with one attached hydrogen (secondary N) is 1. The molecule has 0 spiro atoms. The SMILES string of the molecule is CCCCN1C(=O)C(NC)c2cc(OC)ccc21. The molecule has 0 bridgehead atoms. The lowest BCUT2D eigenvalue weighted by Gasteiger charge is -2.17. The first-order chi connectivity index (χ1) is 8.72. The lowest BCUT2D eigenvalue weighted by Crippen LogP contribution is -2.33. The van der Waals surface area contributed by atoms with Gasteiger partial charge in [0.05, 0.1) is 7.11 Å².